The fraction of sp³-hybridized carbons (Fsp3) is 0.647. The molecule has 0 aliphatic carbocycles. The van der Waals surface area contributed by atoms with Crippen LogP contribution in [0.3, 0.4) is 0 Å². The largest absolute Gasteiger partial charge is 0.352 e. The van der Waals surface area contributed by atoms with Crippen molar-refractivity contribution in [3.05, 3.63) is 30.1 Å². The van der Waals surface area contributed by atoms with E-state index in [1.54, 1.807) is 6.20 Å². The lowest BCUT2D eigenvalue weighted by Crippen LogP contribution is -2.50. The van der Waals surface area contributed by atoms with Crippen molar-refractivity contribution in [2.24, 2.45) is 5.92 Å². The van der Waals surface area contributed by atoms with Crippen molar-refractivity contribution in [1.29, 1.82) is 0 Å². The van der Waals surface area contributed by atoms with Gasteiger partial charge in [0.05, 0.1) is 18.7 Å². The van der Waals surface area contributed by atoms with E-state index in [-0.39, 0.29) is 23.7 Å². The summed E-state index contributed by atoms with van der Waals surface area (Å²) in [7, 11) is 0. The molecule has 4 heterocycles. The summed E-state index contributed by atoms with van der Waals surface area (Å²) >= 11 is 0. The number of carbonyl (C=O) groups is 1. The monoisotopic (exact) mass is 301 g/mol. The predicted octanol–water partition coefficient (Wildman–Crippen LogP) is 1.64. The Labute approximate surface area is 131 Å². The molecule has 0 N–H and O–H groups in total. The molecule has 5 nitrogen and oxygen atoms in total. The van der Waals surface area contributed by atoms with E-state index in [1.807, 2.05) is 12.3 Å². The second-order valence-electron chi connectivity index (χ2n) is 7.03. The molecule has 22 heavy (non-hydrogen) atoms. The molecule has 1 aromatic rings. The van der Waals surface area contributed by atoms with Crippen molar-refractivity contribution < 1.29 is 9.53 Å². The van der Waals surface area contributed by atoms with Crippen molar-refractivity contribution in [3.63, 3.8) is 0 Å². The quantitative estimate of drug-likeness (QED) is 0.851. The maximum absolute atomic E-state index is 12.6. The van der Waals surface area contributed by atoms with Gasteiger partial charge in [0.15, 0.2) is 5.72 Å². The Kier molecular flexibility index (Phi) is 3.24. The first-order valence-corrected chi connectivity index (χ1v) is 8.21. The lowest BCUT2D eigenvalue weighted by Gasteiger charge is -2.34. The number of ether oxygens (including phenoxy) is 1. The third-order valence-electron chi connectivity index (χ3n) is 5.48. The minimum Gasteiger partial charge on any atom is -0.352 e. The summed E-state index contributed by atoms with van der Waals surface area (Å²) in [5.74, 6) is 0.700. The topological polar surface area (TPSA) is 45.7 Å². The van der Waals surface area contributed by atoms with Crippen molar-refractivity contribution >= 4 is 5.91 Å². The molecule has 3 aliphatic heterocycles. The first kappa shape index (κ1) is 14.2. The molecule has 3 aliphatic rings. The maximum Gasteiger partial charge on any atom is 0.226 e. The van der Waals surface area contributed by atoms with Gasteiger partial charge in [-0.05, 0) is 17.5 Å². The number of hydrogen-bond donors (Lipinski definition) is 0. The summed E-state index contributed by atoms with van der Waals surface area (Å²) in [6.07, 6.45) is 5.21. The van der Waals surface area contributed by atoms with Gasteiger partial charge in [0.1, 0.15) is 0 Å². The zero-order valence-electron chi connectivity index (χ0n) is 13.2. The molecular formula is C17H23N3O2. The number of likely N-dealkylation sites (tertiary alicyclic amines) is 1. The minimum absolute atomic E-state index is 0.184. The average Bonchev–Trinajstić information content (AvgIpc) is 3.12. The van der Waals surface area contributed by atoms with E-state index in [9.17, 15) is 4.79 Å². The van der Waals surface area contributed by atoms with Crippen LogP contribution in [-0.4, -0.2) is 51.7 Å². The van der Waals surface area contributed by atoms with Crippen LogP contribution >= 0.6 is 0 Å². The van der Waals surface area contributed by atoms with Crippen LogP contribution in [0.2, 0.25) is 0 Å². The lowest BCUT2D eigenvalue weighted by atomic mass is 10.0. The third kappa shape index (κ3) is 1.92. The standard InChI is InChI=1S/C17H23N3O2/c1-12(2)14-11-22-17-5-7-19(10-13-4-3-6-18-9-13)15(17)8-16(21)20(14)17/h3-4,6,9,12,14-15H,5,7-8,10-11H2,1-2H3/t14-,15+,17-/m0/s1. The molecule has 3 saturated heterocycles. The lowest BCUT2D eigenvalue weighted by molar-refractivity contribution is -0.139. The summed E-state index contributed by atoms with van der Waals surface area (Å²) in [5.41, 5.74) is 0.831. The van der Waals surface area contributed by atoms with Gasteiger partial charge in [-0.25, -0.2) is 0 Å². The van der Waals surface area contributed by atoms with Gasteiger partial charge < -0.3 is 9.64 Å². The number of pyridine rings is 1. The predicted molar refractivity (Wildman–Crippen MR) is 81.8 cm³/mol. The Bertz CT molecular complexity index is 577. The molecular weight excluding hydrogens is 278 g/mol. The highest BCUT2D eigenvalue weighted by molar-refractivity contribution is 5.82. The van der Waals surface area contributed by atoms with Crippen molar-refractivity contribution in [3.8, 4) is 0 Å². The Balaban J connectivity index is 1.59. The van der Waals surface area contributed by atoms with E-state index in [0.29, 0.717) is 18.9 Å². The molecule has 0 saturated carbocycles. The summed E-state index contributed by atoms with van der Waals surface area (Å²) in [6.45, 7) is 6.86. The Morgan fingerprint density at radius 3 is 3.09 bits per heavy atom. The van der Waals surface area contributed by atoms with Gasteiger partial charge in [-0.3, -0.25) is 14.7 Å². The molecule has 3 fully saturated rings. The summed E-state index contributed by atoms with van der Waals surface area (Å²) in [5, 5.41) is 0. The molecule has 3 atom stereocenters. The van der Waals surface area contributed by atoms with Crippen LogP contribution in [-0.2, 0) is 16.1 Å². The van der Waals surface area contributed by atoms with Gasteiger partial charge in [0.25, 0.3) is 0 Å². The number of amides is 1. The van der Waals surface area contributed by atoms with Crippen LogP contribution in [0.1, 0.15) is 32.3 Å². The number of nitrogens with zero attached hydrogens (tertiary/aromatic N) is 3. The van der Waals surface area contributed by atoms with Crippen molar-refractivity contribution in [2.45, 2.75) is 51.0 Å². The summed E-state index contributed by atoms with van der Waals surface area (Å²) < 4.78 is 6.25. The van der Waals surface area contributed by atoms with E-state index in [1.165, 1.54) is 5.56 Å². The molecule has 0 radical (unpaired) electrons. The Hall–Kier alpha value is -1.46. The molecule has 1 aromatic heterocycles. The molecule has 1 amide bonds. The van der Waals surface area contributed by atoms with Gasteiger partial charge in [0, 0.05) is 38.3 Å². The second kappa shape index (κ2) is 5.03. The van der Waals surface area contributed by atoms with Crippen LogP contribution in [0, 0.1) is 5.92 Å². The van der Waals surface area contributed by atoms with E-state index < -0.39 is 0 Å². The number of aromatic nitrogens is 1. The fourth-order valence-corrected chi connectivity index (χ4v) is 4.37. The number of carbonyl (C=O) groups excluding carboxylic acids is 1. The van der Waals surface area contributed by atoms with Crippen LogP contribution in [0.25, 0.3) is 0 Å². The number of rotatable bonds is 3. The minimum atomic E-state index is -0.367. The fourth-order valence-electron chi connectivity index (χ4n) is 4.37. The van der Waals surface area contributed by atoms with Gasteiger partial charge in [-0.15, -0.1) is 0 Å². The molecule has 4 rings (SSSR count). The van der Waals surface area contributed by atoms with Gasteiger partial charge >= 0.3 is 0 Å². The average molecular weight is 301 g/mol. The molecule has 0 unspecified atom stereocenters. The van der Waals surface area contributed by atoms with E-state index in [4.69, 9.17) is 4.74 Å². The highest BCUT2D eigenvalue weighted by atomic mass is 16.5. The Morgan fingerprint density at radius 2 is 2.36 bits per heavy atom. The van der Waals surface area contributed by atoms with Crippen molar-refractivity contribution in [2.75, 3.05) is 13.2 Å². The first-order valence-electron chi connectivity index (χ1n) is 8.21. The molecule has 0 aromatic carbocycles. The van der Waals surface area contributed by atoms with Crippen molar-refractivity contribution in [1.82, 2.24) is 14.8 Å². The van der Waals surface area contributed by atoms with E-state index in [2.05, 4.69) is 34.7 Å². The SMILES string of the molecule is CC(C)[C@@H]1CO[C@@]23CCN(Cc4cccnc4)[C@@H]2CC(=O)N13. The normalized spacial score (nSPS) is 34.5. The smallest absolute Gasteiger partial charge is 0.226 e. The zero-order valence-corrected chi connectivity index (χ0v) is 13.2. The summed E-state index contributed by atoms with van der Waals surface area (Å²) in [4.78, 5) is 21.3. The van der Waals surface area contributed by atoms with Gasteiger partial charge in [0.2, 0.25) is 5.91 Å². The maximum atomic E-state index is 12.6. The molecule has 5 heteroatoms. The zero-order chi connectivity index (χ0) is 15.3. The van der Waals surface area contributed by atoms with Crippen LogP contribution < -0.4 is 0 Å². The highest BCUT2D eigenvalue weighted by Gasteiger charge is 2.64. The first-order chi connectivity index (χ1) is 10.6. The van der Waals surface area contributed by atoms with Crippen LogP contribution in [0.4, 0.5) is 0 Å². The summed E-state index contributed by atoms with van der Waals surface area (Å²) in [6, 6.07) is 4.48. The molecule has 118 valence electrons. The molecule has 0 bridgehead atoms. The van der Waals surface area contributed by atoms with Crippen LogP contribution in [0.5, 0.6) is 0 Å². The van der Waals surface area contributed by atoms with Crippen LogP contribution in [0.15, 0.2) is 24.5 Å². The van der Waals surface area contributed by atoms with E-state index in [0.717, 1.165) is 19.5 Å². The third-order valence-corrected chi connectivity index (χ3v) is 5.48. The van der Waals surface area contributed by atoms with Gasteiger partial charge in [-0.2, -0.15) is 0 Å². The second-order valence-corrected chi connectivity index (χ2v) is 7.03. The number of hydrogen-bond acceptors (Lipinski definition) is 4. The van der Waals surface area contributed by atoms with Gasteiger partial charge in [-0.1, -0.05) is 19.9 Å². The molecule has 1 spiro atoms. The highest BCUT2D eigenvalue weighted by Crippen LogP contribution is 2.49. The van der Waals surface area contributed by atoms with E-state index >= 15 is 0 Å². The Morgan fingerprint density at radius 1 is 1.50 bits per heavy atom.